The average Bonchev–Trinajstić information content (AvgIpc) is 2.91. The number of hydrogen-bond donors (Lipinski definition) is 2. The first-order valence-electron chi connectivity index (χ1n) is 7.15. The number of rotatable bonds is 10. The van der Waals surface area contributed by atoms with E-state index in [1.165, 1.54) is 6.92 Å². The van der Waals surface area contributed by atoms with Gasteiger partial charge in [-0.2, -0.15) is 0 Å². The molecule has 112 valence electrons. The summed E-state index contributed by atoms with van der Waals surface area (Å²) in [5.41, 5.74) is 0. The summed E-state index contributed by atoms with van der Waals surface area (Å²) in [6, 6.07) is 0. The number of carbonyl (C=O) groups is 2. The minimum atomic E-state index is 0.000588. The van der Waals surface area contributed by atoms with Crippen molar-refractivity contribution in [3.05, 3.63) is 18.7 Å². The maximum atomic E-state index is 11.5. The molecule has 0 atom stereocenters. The van der Waals surface area contributed by atoms with Gasteiger partial charge in [0, 0.05) is 45.4 Å². The molecule has 6 heteroatoms. The summed E-state index contributed by atoms with van der Waals surface area (Å²) < 4.78 is 1.99. The van der Waals surface area contributed by atoms with Crippen molar-refractivity contribution in [3.8, 4) is 0 Å². The first-order valence-corrected chi connectivity index (χ1v) is 7.15. The summed E-state index contributed by atoms with van der Waals surface area (Å²) >= 11 is 0. The number of nitrogens with one attached hydrogen (secondary N) is 2. The van der Waals surface area contributed by atoms with Crippen LogP contribution in [0.2, 0.25) is 0 Å². The molecule has 1 aromatic heterocycles. The second-order valence-electron chi connectivity index (χ2n) is 4.80. The van der Waals surface area contributed by atoms with Crippen molar-refractivity contribution in [3.63, 3.8) is 0 Å². The van der Waals surface area contributed by atoms with E-state index in [0.29, 0.717) is 19.5 Å². The molecule has 20 heavy (non-hydrogen) atoms. The highest BCUT2D eigenvalue weighted by atomic mass is 16.2. The van der Waals surface area contributed by atoms with Crippen molar-refractivity contribution >= 4 is 11.8 Å². The smallest absolute Gasteiger partial charge is 0.219 e. The monoisotopic (exact) mass is 280 g/mol. The summed E-state index contributed by atoms with van der Waals surface area (Å²) in [5, 5.41) is 5.65. The predicted molar refractivity (Wildman–Crippen MR) is 77.0 cm³/mol. The second-order valence-corrected chi connectivity index (χ2v) is 4.80. The third-order valence-electron chi connectivity index (χ3n) is 2.93. The number of imidazole rings is 1. The number of carbonyl (C=O) groups excluding carboxylic acids is 2. The molecule has 0 saturated carbocycles. The fourth-order valence-electron chi connectivity index (χ4n) is 1.85. The van der Waals surface area contributed by atoms with Gasteiger partial charge in [0.25, 0.3) is 0 Å². The van der Waals surface area contributed by atoms with Gasteiger partial charge in [-0.25, -0.2) is 4.98 Å². The van der Waals surface area contributed by atoms with Crippen molar-refractivity contribution in [2.24, 2.45) is 0 Å². The van der Waals surface area contributed by atoms with Crippen LogP contribution in [-0.4, -0.2) is 34.5 Å². The van der Waals surface area contributed by atoms with E-state index in [1.54, 1.807) is 12.5 Å². The van der Waals surface area contributed by atoms with Crippen LogP contribution in [0, 0.1) is 0 Å². The van der Waals surface area contributed by atoms with E-state index >= 15 is 0 Å². The lowest BCUT2D eigenvalue weighted by atomic mass is 10.2. The normalized spacial score (nSPS) is 10.2. The van der Waals surface area contributed by atoms with Crippen molar-refractivity contribution in [2.75, 3.05) is 13.1 Å². The average molecular weight is 280 g/mol. The maximum Gasteiger partial charge on any atom is 0.219 e. The number of hydrogen-bond acceptors (Lipinski definition) is 3. The van der Waals surface area contributed by atoms with Crippen LogP contribution in [0.15, 0.2) is 18.7 Å². The third-order valence-corrected chi connectivity index (χ3v) is 2.93. The first-order chi connectivity index (χ1) is 9.68. The zero-order valence-corrected chi connectivity index (χ0v) is 12.1. The molecule has 2 amide bonds. The lowest BCUT2D eigenvalue weighted by molar-refractivity contribution is -0.121. The Morgan fingerprint density at radius 2 is 1.90 bits per heavy atom. The Bertz CT molecular complexity index is 390. The molecule has 0 fully saturated rings. The Kier molecular flexibility index (Phi) is 8.10. The van der Waals surface area contributed by atoms with E-state index in [2.05, 4.69) is 15.6 Å². The van der Waals surface area contributed by atoms with Crippen LogP contribution in [0.25, 0.3) is 0 Å². The highest BCUT2D eigenvalue weighted by molar-refractivity contribution is 5.75. The minimum absolute atomic E-state index is 0.000588. The van der Waals surface area contributed by atoms with Gasteiger partial charge in [0.15, 0.2) is 0 Å². The highest BCUT2D eigenvalue weighted by Gasteiger charge is 2.00. The second kappa shape index (κ2) is 10.00. The van der Waals surface area contributed by atoms with E-state index in [0.717, 1.165) is 32.2 Å². The minimum Gasteiger partial charge on any atom is -0.356 e. The molecular weight excluding hydrogens is 256 g/mol. The number of amides is 2. The molecule has 0 aromatic carbocycles. The van der Waals surface area contributed by atoms with Gasteiger partial charge in [0.2, 0.25) is 11.8 Å². The predicted octanol–water partition coefficient (Wildman–Crippen LogP) is 1.09. The Morgan fingerprint density at radius 3 is 2.60 bits per heavy atom. The molecule has 0 aliphatic rings. The van der Waals surface area contributed by atoms with Crippen molar-refractivity contribution in [1.82, 2.24) is 20.2 Å². The van der Waals surface area contributed by atoms with Gasteiger partial charge < -0.3 is 15.2 Å². The van der Waals surface area contributed by atoms with Crippen LogP contribution in [-0.2, 0) is 16.1 Å². The van der Waals surface area contributed by atoms with E-state index in [4.69, 9.17) is 0 Å². The summed E-state index contributed by atoms with van der Waals surface area (Å²) in [6.45, 7) is 3.78. The summed E-state index contributed by atoms with van der Waals surface area (Å²) in [7, 11) is 0. The van der Waals surface area contributed by atoms with E-state index in [1.807, 2.05) is 10.8 Å². The molecule has 1 rings (SSSR count). The van der Waals surface area contributed by atoms with Crippen LogP contribution >= 0.6 is 0 Å². The highest BCUT2D eigenvalue weighted by Crippen LogP contribution is 1.99. The van der Waals surface area contributed by atoms with Crippen molar-refractivity contribution in [2.45, 2.75) is 45.6 Å². The third kappa shape index (κ3) is 8.29. The van der Waals surface area contributed by atoms with Gasteiger partial charge in [-0.15, -0.1) is 0 Å². The molecule has 0 saturated heterocycles. The van der Waals surface area contributed by atoms with Crippen LogP contribution < -0.4 is 10.6 Å². The van der Waals surface area contributed by atoms with E-state index < -0.39 is 0 Å². The number of aryl methyl sites for hydroxylation is 1. The first kappa shape index (κ1) is 16.2. The topological polar surface area (TPSA) is 76.0 Å². The van der Waals surface area contributed by atoms with Crippen LogP contribution in [0.1, 0.15) is 39.0 Å². The molecule has 0 aliphatic heterocycles. The van der Waals surface area contributed by atoms with Gasteiger partial charge in [0.1, 0.15) is 0 Å². The van der Waals surface area contributed by atoms with E-state index in [9.17, 15) is 9.59 Å². The lowest BCUT2D eigenvalue weighted by Gasteiger charge is -2.06. The summed E-state index contributed by atoms with van der Waals surface area (Å²) in [6.07, 6.45) is 9.66. The Hall–Kier alpha value is -1.85. The number of nitrogens with zero attached hydrogens (tertiary/aromatic N) is 2. The zero-order valence-electron chi connectivity index (χ0n) is 12.1. The van der Waals surface area contributed by atoms with Crippen LogP contribution in [0.4, 0.5) is 0 Å². The van der Waals surface area contributed by atoms with Gasteiger partial charge in [0.05, 0.1) is 6.33 Å². The van der Waals surface area contributed by atoms with Gasteiger partial charge in [-0.1, -0.05) is 6.42 Å². The Balaban J connectivity index is 1.89. The lowest BCUT2D eigenvalue weighted by Crippen LogP contribution is -2.25. The molecule has 0 radical (unpaired) electrons. The molecule has 1 aromatic rings. The fraction of sp³-hybridized carbons (Fsp3) is 0.643. The summed E-state index contributed by atoms with van der Waals surface area (Å²) in [4.78, 5) is 26.1. The number of aromatic nitrogens is 2. The van der Waals surface area contributed by atoms with Gasteiger partial charge in [-0.3, -0.25) is 9.59 Å². The van der Waals surface area contributed by atoms with Crippen molar-refractivity contribution in [1.29, 1.82) is 0 Å². The summed E-state index contributed by atoms with van der Waals surface area (Å²) in [5.74, 6) is 0.107. The van der Waals surface area contributed by atoms with Crippen LogP contribution in [0.5, 0.6) is 0 Å². The molecular formula is C14H24N4O2. The zero-order chi connectivity index (χ0) is 14.6. The molecule has 6 nitrogen and oxygen atoms in total. The maximum absolute atomic E-state index is 11.5. The molecule has 0 spiro atoms. The number of unbranched alkanes of at least 4 members (excludes halogenated alkanes) is 2. The molecule has 1 heterocycles. The quantitative estimate of drug-likeness (QED) is 0.630. The molecule has 0 bridgehead atoms. The fourth-order valence-corrected chi connectivity index (χ4v) is 1.85. The molecule has 0 unspecified atom stereocenters. The SMILES string of the molecule is CC(=O)NCCCCCC(=O)NCCCn1ccnc1. The van der Waals surface area contributed by atoms with Gasteiger partial charge >= 0.3 is 0 Å². The van der Waals surface area contributed by atoms with Crippen LogP contribution in [0.3, 0.4) is 0 Å². The van der Waals surface area contributed by atoms with E-state index in [-0.39, 0.29) is 11.8 Å². The Labute approximate surface area is 120 Å². The van der Waals surface area contributed by atoms with Crippen molar-refractivity contribution < 1.29 is 9.59 Å². The molecule has 0 aliphatic carbocycles. The largest absolute Gasteiger partial charge is 0.356 e. The molecule has 2 N–H and O–H groups in total. The standard InChI is InChI=1S/C14H24N4O2/c1-13(19)16-7-4-2-3-6-14(20)17-8-5-10-18-11-9-15-12-18/h9,11-12H,2-8,10H2,1H3,(H,16,19)(H,17,20). The van der Waals surface area contributed by atoms with Gasteiger partial charge in [-0.05, 0) is 19.3 Å². The Morgan fingerprint density at radius 1 is 1.10 bits per heavy atom.